The second-order valence-electron chi connectivity index (χ2n) is 8.10. The molecule has 1 aromatic heterocycles. The molecule has 0 atom stereocenters. The van der Waals surface area contributed by atoms with Crippen molar-refractivity contribution in [2.45, 2.75) is 19.7 Å². The molecule has 4 aromatic carbocycles. The molecule has 5 rings (SSSR count). The molecular formula is C28H24N4O2S. The van der Waals surface area contributed by atoms with Crippen molar-refractivity contribution in [3.8, 4) is 5.75 Å². The number of carbonyl (C=O) groups is 1. The van der Waals surface area contributed by atoms with Crippen molar-refractivity contribution in [3.05, 3.63) is 119 Å². The Bertz CT molecular complexity index is 1510. The van der Waals surface area contributed by atoms with E-state index in [9.17, 15) is 4.79 Å². The topological polar surface area (TPSA) is 61.1 Å². The van der Waals surface area contributed by atoms with Crippen LogP contribution in [0.3, 0.4) is 0 Å². The molecule has 0 radical (unpaired) electrons. The van der Waals surface area contributed by atoms with Crippen LogP contribution < -0.4 is 10.1 Å². The average molecular weight is 481 g/mol. The zero-order valence-electron chi connectivity index (χ0n) is 19.0. The van der Waals surface area contributed by atoms with Gasteiger partial charge in [0, 0.05) is 11.1 Å². The minimum Gasteiger partial charge on any atom is -0.486 e. The molecule has 0 aliphatic heterocycles. The van der Waals surface area contributed by atoms with Gasteiger partial charge in [0.1, 0.15) is 18.9 Å². The molecule has 0 aliphatic rings. The van der Waals surface area contributed by atoms with Crippen molar-refractivity contribution in [2.24, 2.45) is 0 Å². The molecule has 0 aliphatic carbocycles. The highest BCUT2D eigenvalue weighted by atomic mass is 32.1. The summed E-state index contributed by atoms with van der Waals surface area (Å²) in [5, 5.41) is 9.71. The molecule has 5 aromatic rings. The van der Waals surface area contributed by atoms with Crippen LogP contribution in [0.1, 0.15) is 11.4 Å². The third-order valence-corrected chi connectivity index (χ3v) is 6.08. The smallest absolute Gasteiger partial charge is 0.246 e. The Morgan fingerprint density at radius 2 is 1.54 bits per heavy atom. The normalized spacial score (nSPS) is 10.9. The fourth-order valence-electron chi connectivity index (χ4n) is 3.95. The zero-order valence-corrected chi connectivity index (χ0v) is 19.8. The van der Waals surface area contributed by atoms with E-state index >= 15 is 0 Å². The molecule has 0 saturated carbocycles. The number of aromatic nitrogens is 3. The number of hydrogen-bond donors (Lipinski definition) is 1. The van der Waals surface area contributed by atoms with Crippen LogP contribution in [0.2, 0.25) is 0 Å². The summed E-state index contributed by atoms with van der Waals surface area (Å²) in [7, 11) is 0. The molecule has 35 heavy (non-hydrogen) atoms. The Kier molecular flexibility index (Phi) is 6.68. The van der Waals surface area contributed by atoms with Gasteiger partial charge in [0.15, 0.2) is 10.6 Å². The largest absolute Gasteiger partial charge is 0.486 e. The van der Waals surface area contributed by atoms with Gasteiger partial charge in [0.2, 0.25) is 5.91 Å². The Balaban J connectivity index is 1.39. The number of amides is 1. The summed E-state index contributed by atoms with van der Waals surface area (Å²) in [4.78, 5) is 13.0. The van der Waals surface area contributed by atoms with Crippen LogP contribution in [-0.4, -0.2) is 20.3 Å². The Hall–Kier alpha value is -4.23. The third-order valence-electron chi connectivity index (χ3n) is 5.65. The molecule has 1 amide bonds. The average Bonchev–Trinajstić information content (AvgIpc) is 3.18. The van der Waals surface area contributed by atoms with Crippen molar-refractivity contribution in [3.63, 3.8) is 0 Å². The second-order valence-corrected chi connectivity index (χ2v) is 8.47. The quantitative estimate of drug-likeness (QED) is 0.284. The van der Waals surface area contributed by atoms with Gasteiger partial charge in [-0.2, -0.15) is 5.10 Å². The summed E-state index contributed by atoms with van der Waals surface area (Å²) in [6.07, 6.45) is 0. The van der Waals surface area contributed by atoms with Crippen molar-refractivity contribution in [1.82, 2.24) is 14.3 Å². The number of nitrogens with one attached hydrogen (secondary N) is 1. The standard InChI is InChI=1S/C28H24N4O2S/c33-27(29-25-17-9-13-22-12-7-8-16-24(22)25)19-32-28(35)31(18-21-10-3-1-4-11-21)26(30-32)20-34-23-14-5-2-6-15-23/h1-17H,18-20H2,(H,29,33). The highest BCUT2D eigenvalue weighted by molar-refractivity contribution is 7.71. The fourth-order valence-corrected chi connectivity index (χ4v) is 4.22. The number of fused-ring (bicyclic) bond motifs is 1. The Morgan fingerprint density at radius 1 is 0.857 bits per heavy atom. The van der Waals surface area contributed by atoms with Crippen LogP contribution in [0.5, 0.6) is 5.75 Å². The summed E-state index contributed by atoms with van der Waals surface area (Å²) in [5.74, 6) is 1.20. The minimum atomic E-state index is -0.197. The van der Waals surface area contributed by atoms with Gasteiger partial charge in [0.05, 0.1) is 6.54 Å². The van der Waals surface area contributed by atoms with E-state index < -0.39 is 0 Å². The lowest BCUT2D eigenvalue weighted by atomic mass is 10.1. The van der Waals surface area contributed by atoms with Crippen molar-refractivity contribution in [2.75, 3.05) is 5.32 Å². The first-order valence-corrected chi connectivity index (χ1v) is 11.7. The molecule has 0 fully saturated rings. The molecule has 0 bridgehead atoms. The molecular weight excluding hydrogens is 456 g/mol. The number of carbonyl (C=O) groups excluding carboxylic acids is 1. The summed E-state index contributed by atoms with van der Waals surface area (Å²) < 4.78 is 9.88. The number of para-hydroxylation sites is 1. The number of rotatable bonds is 8. The van der Waals surface area contributed by atoms with Gasteiger partial charge in [-0.05, 0) is 41.4 Å². The van der Waals surface area contributed by atoms with Gasteiger partial charge < -0.3 is 10.1 Å². The zero-order chi connectivity index (χ0) is 24.0. The van der Waals surface area contributed by atoms with Gasteiger partial charge >= 0.3 is 0 Å². The van der Waals surface area contributed by atoms with E-state index in [1.165, 1.54) is 0 Å². The van der Waals surface area contributed by atoms with Gasteiger partial charge in [-0.15, -0.1) is 0 Å². The van der Waals surface area contributed by atoms with E-state index in [0.717, 1.165) is 27.8 Å². The number of ether oxygens (including phenoxy) is 1. The van der Waals surface area contributed by atoms with Crippen LogP contribution in [0.15, 0.2) is 103 Å². The molecule has 7 heteroatoms. The minimum absolute atomic E-state index is 0.00216. The van der Waals surface area contributed by atoms with E-state index in [1.807, 2.05) is 108 Å². The molecule has 1 heterocycles. The highest BCUT2D eigenvalue weighted by Gasteiger charge is 2.15. The van der Waals surface area contributed by atoms with Crippen molar-refractivity contribution < 1.29 is 9.53 Å². The first-order valence-electron chi connectivity index (χ1n) is 11.3. The lowest BCUT2D eigenvalue weighted by Crippen LogP contribution is -2.20. The van der Waals surface area contributed by atoms with E-state index in [4.69, 9.17) is 17.0 Å². The third kappa shape index (κ3) is 5.31. The van der Waals surface area contributed by atoms with Crippen molar-refractivity contribution in [1.29, 1.82) is 0 Å². The number of anilines is 1. The lowest BCUT2D eigenvalue weighted by Gasteiger charge is -2.09. The van der Waals surface area contributed by atoms with Gasteiger partial charge in [-0.1, -0.05) is 84.9 Å². The highest BCUT2D eigenvalue weighted by Crippen LogP contribution is 2.23. The Morgan fingerprint density at radius 3 is 2.34 bits per heavy atom. The van der Waals surface area contributed by atoms with Crippen LogP contribution in [0.4, 0.5) is 5.69 Å². The molecule has 1 N–H and O–H groups in total. The van der Waals surface area contributed by atoms with Crippen LogP contribution in [0.25, 0.3) is 10.8 Å². The molecule has 0 saturated heterocycles. The van der Waals surface area contributed by atoms with E-state index in [-0.39, 0.29) is 19.1 Å². The van der Waals surface area contributed by atoms with Gasteiger partial charge in [-0.25, -0.2) is 4.68 Å². The maximum absolute atomic E-state index is 13.0. The predicted molar refractivity (Wildman–Crippen MR) is 140 cm³/mol. The number of nitrogens with zero attached hydrogens (tertiary/aromatic N) is 3. The first kappa shape index (κ1) is 22.6. The van der Waals surface area contributed by atoms with E-state index in [0.29, 0.717) is 17.1 Å². The second kappa shape index (κ2) is 10.4. The molecule has 6 nitrogen and oxygen atoms in total. The number of hydrogen-bond acceptors (Lipinski definition) is 4. The summed E-state index contributed by atoms with van der Waals surface area (Å²) in [6, 6.07) is 33.4. The monoisotopic (exact) mass is 480 g/mol. The molecule has 0 spiro atoms. The first-order chi connectivity index (χ1) is 17.2. The SMILES string of the molecule is O=C(Cn1nc(COc2ccccc2)n(Cc2ccccc2)c1=S)Nc1cccc2ccccc12. The van der Waals surface area contributed by atoms with E-state index in [2.05, 4.69) is 10.4 Å². The van der Waals surface area contributed by atoms with Gasteiger partial charge in [-0.3, -0.25) is 9.36 Å². The van der Waals surface area contributed by atoms with Crippen LogP contribution in [0, 0.1) is 4.77 Å². The Labute approximate surface area is 208 Å². The lowest BCUT2D eigenvalue weighted by molar-refractivity contribution is -0.116. The molecule has 0 unspecified atom stereocenters. The fraction of sp³-hybridized carbons (Fsp3) is 0.107. The molecule has 174 valence electrons. The summed E-state index contributed by atoms with van der Waals surface area (Å²) >= 11 is 5.73. The maximum atomic E-state index is 13.0. The van der Waals surface area contributed by atoms with E-state index in [1.54, 1.807) is 4.68 Å². The summed E-state index contributed by atoms with van der Waals surface area (Å²) in [5.41, 5.74) is 1.85. The summed E-state index contributed by atoms with van der Waals surface area (Å²) in [6.45, 7) is 0.776. The van der Waals surface area contributed by atoms with Gasteiger partial charge in [0.25, 0.3) is 0 Å². The van der Waals surface area contributed by atoms with Crippen molar-refractivity contribution >= 4 is 34.6 Å². The number of benzene rings is 4. The predicted octanol–water partition coefficient (Wildman–Crippen LogP) is 5.83. The van der Waals surface area contributed by atoms with Crippen LogP contribution in [-0.2, 0) is 24.5 Å². The van der Waals surface area contributed by atoms with Crippen LogP contribution >= 0.6 is 12.2 Å². The maximum Gasteiger partial charge on any atom is 0.246 e.